The van der Waals surface area contributed by atoms with Crippen LogP contribution in [0, 0.1) is 18.3 Å². The van der Waals surface area contributed by atoms with E-state index >= 15 is 0 Å². The van der Waals surface area contributed by atoms with Crippen molar-refractivity contribution in [2.24, 2.45) is 0 Å². The summed E-state index contributed by atoms with van der Waals surface area (Å²) in [5.41, 5.74) is 1.27. The molecule has 2 nitrogen and oxygen atoms in total. The summed E-state index contributed by atoms with van der Waals surface area (Å²) < 4.78 is 0. The van der Waals surface area contributed by atoms with Gasteiger partial charge in [-0.2, -0.15) is 5.26 Å². The van der Waals surface area contributed by atoms with Crippen molar-refractivity contribution in [1.82, 2.24) is 5.32 Å². The molecule has 1 aromatic rings. The van der Waals surface area contributed by atoms with E-state index in [9.17, 15) is 0 Å². The van der Waals surface area contributed by atoms with Gasteiger partial charge in [0.05, 0.1) is 18.5 Å². The van der Waals surface area contributed by atoms with Gasteiger partial charge in [-0.1, -0.05) is 0 Å². The molecule has 0 aromatic carbocycles. The summed E-state index contributed by atoms with van der Waals surface area (Å²) in [6.45, 7) is 2.08. The van der Waals surface area contributed by atoms with E-state index in [0.717, 1.165) is 0 Å². The molecule has 0 saturated carbocycles. The van der Waals surface area contributed by atoms with Gasteiger partial charge in [0.15, 0.2) is 0 Å². The van der Waals surface area contributed by atoms with Crippen LogP contribution in [0.25, 0.3) is 0 Å². The molecule has 12 heavy (non-hydrogen) atoms. The first-order chi connectivity index (χ1) is 5.79. The molecule has 0 bridgehead atoms. The second-order valence-corrected chi connectivity index (χ2v) is 3.62. The monoisotopic (exact) mass is 180 g/mol. The van der Waals surface area contributed by atoms with Gasteiger partial charge in [0.2, 0.25) is 0 Å². The van der Waals surface area contributed by atoms with Crippen molar-refractivity contribution < 1.29 is 0 Å². The Bertz CT molecular complexity index is 285. The second-order valence-electron chi connectivity index (χ2n) is 2.67. The highest BCUT2D eigenvalue weighted by Gasteiger charge is 2.11. The molecule has 1 aromatic heterocycles. The fourth-order valence-electron chi connectivity index (χ4n) is 1.16. The normalized spacial score (nSPS) is 12.4. The van der Waals surface area contributed by atoms with Crippen molar-refractivity contribution in [3.05, 3.63) is 21.9 Å². The fraction of sp³-hybridized carbons (Fsp3) is 0.444. The summed E-state index contributed by atoms with van der Waals surface area (Å²) in [4.78, 5) is 1.28. The molecule has 0 fully saturated rings. The molecule has 0 spiro atoms. The van der Waals surface area contributed by atoms with Crippen LogP contribution in [0.4, 0.5) is 0 Å². The summed E-state index contributed by atoms with van der Waals surface area (Å²) >= 11 is 1.71. The maximum Gasteiger partial charge on any atom is 0.0642 e. The minimum Gasteiger partial charge on any atom is -0.311 e. The molecule has 0 amide bonds. The quantitative estimate of drug-likeness (QED) is 0.774. The van der Waals surface area contributed by atoms with E-state index in [1.165, 1.54) is 10.4 Å². The van der Waals surface area contributed by atoms with Crippen molar-refractivity contribution in [2.45, 2.75) is 19.4 Å². The van der Waals surface area contributed by atoms with Crippen molar-refractivity contribution in [3.8, 4) is 6.07 Å². The first-order valence-electron chi connectivity index (χ1n) is 3.87. The first-order valence-corrected chi connectivity index (χ1v) is 4.75. The number of nitriles is 1. The molecular weight excluding hydrogens is 168 g/mol. The lowest BCUT2D eigenvalue weighted by molar-refractivity contribution is 0.616. The van der Waals surface area contributed by atoms with Gasteiger partial charge < -0.3 is 5.32 Å². The highest BCUT2D eigenvalue weighted by Crippen LogP contribution is 2.25. The van der Waals surface area contributed by atoms with E-state index in [2.05, 4.69) is 29.8 Å². The molecule has 1 heterocycles. The molecule has 0 aliphatic carbocycles. The Balaban J connectivity index is 2.81. The molecular formula is C9H12N2S. The van der Waals surface area contributed by atoms with Crippen molar-refractivity contribution in [1.29, 1.82) is 5.26 Å². The predicted molar refractivity (Wildman–Crippen MR) is 51.1 cm³/mol. The molecule has 0 radical (unpaired) electrons. The molecule has 1 rings (SSSR count). The molecule has 1 N–H and O–H groups in total. The number of thiophene rings is 1. The van der Waals surface area contributed by atoms with Crippen LogP contribution in [-0.4, -0.2) is 7.05 Å². The van der Waals surface area contributed by atoms with Crippen LogP contribution >= 0.6 is 11.3 Å². The Morgan fingerprint density at radius 1 is 1.75 bits per heavy atom. The van der Waals surface area contributed by atoms with Gasteiger partial charge in [0, 0.05) is 4.88 Å². The number of nitrogens with zero attached hydrogens (tertiary/aromatic N) is 1. The number of nitrogens with one attached hydrogen (secondary N) is 1. The second kappa shape index (κ2) is 4.24. The third-order valence-corrected chi connectivity index (χ3v) is 2.99. The van der Waals surface area contributed by atoms with Crippen LogP contribution in [-0.2, 0) is 0 Å². The largest absolute Gasteiger partial charge is 0.311 e. The Hall–Kier alpha value is -0.850. The molecule has 0 saturated heterocycles. The highest BCUT2D eigenvalue weighted by molar-refractivity contribution is 7.10. The lowest BCUT2D eigenvalue weighted by Gasteiger charge is -2.11. The van der Waals surface area contributed by atoms with Crippen LogP contribution in [0.15, 0.2) is 11.4 Å². The number of rotatable bonds is 3. The number of aryl methyl sites for hydroxylation is 1. The third-order valence-electron chi connectivity index (χ3n) is 1.86. The van der Waals surface area contributed by atoms with Crippen molar-refractivity contribution >= 4 is 11.3 Å². The summed E-state index contributed by atoms with van der Waals surface area (Å²) in [6, 6.07) is 4.47. The molecule has 0 aliphatic rings. The topological polar surface area (TPSA) is 35.8 Å². The van der Waals surface area contributed by atoms with Crippen LogP contribution in [0.1, 0.15) is 22.9 Å². The first kappa shape index (κ1) is 9.24. The third kappa shape index (κ3) is 1.84. The van der Waals surface area contributed by atoms with Gasteiger partial charge in [0.25, 0.3) is 0 Å². The SMILES string of the molecule is CNC(CC#N)c1sccc1C. The Morgan fingerprint density at radius 2 is 2.50 bits per heavy atom. The number of hydrogen-bond acceptors (Lipinski definition) is 3. The Labute approximate surface area is 76.8 Å². The number of hydrogen-bond donors (Lipinski definition) is 1. The zero-order valence-electron chi connectivity index (χ0n) is 7.29. The maximum atomic E-state index is 8.57. The van der Waals surface area contributed by atoms with Gasteiger partial charge in [-0.15, -0.1) is 11.3 Å². The lowest BCUT2D eigenvalue weighted by atomic mass is 10.1. The minimum absolute atomic E-state index is 0.204. The zero-order valence-corrected chi connectivity index (χ0v) is 8.11. The fourth-order valence-corrected chi connectivity index (χ4v) is 2.20. The van der Waals surface area contributed by atoms with Gasteiger partial charge in [0.1, 0.15) is 0 Å². The maximum absolute atomic E-state index is 8.57. The molecule has 0 aliphatic heterocycles. The molecule has 3 heteroatoms. The van der Waals surface area contributed by atoms with E-state index in [0.29, 0.717) is 6.42 Å². The van der Waals surface area contributed by atoms with Gasteiger partial charge in [-0.05, 0) is 31.0 Å². The predicted octanol–water partition coefficient (Wildman–Crippen LogP) is 2.23. The van der Waals surface area contributed by atoms with Crippen LogP contribution in [0.3, 0.4) is 0 Å². The van der Waals surface area contributed by atoms with E-state index in [1.54, 1.807) is 11.3 Å². The average molecular weight is 180 g/mol. The summed E-state index contributed by atoms with van der Waals surface area (Å²) in [6.07, 6.45) is 0.540. The molecule has 1 atom stereocenters. The Kier molecular flexibility index (Phi) is 3.27. The molecule has 1 unspecified atom stereocenters. The highest BCUT2D eigenvalue weighted by atomic mass is 32.1. The van der Waals surface area contributed by atoms with E-state index in [-0.39, 0.29) is 6.04 Å². The van der Waals surface area contributed by atoms with Crippen LogP contribution in [0.2, 0.25) is 0 Å². The van der Waals surface area contributed by atoms with Crippen LogP contribution < -0.4 is 5.32 Å². The lowest BCUT2D eigenvalue weighted by Crippen LogP contribution is -2.15. The summed E-state index contributed by atoms with van der Waals surface area (Å²) in [5, 5.41) is 13.8. The average Bonchev–Trinajstić information content (AvgIpc) is 2.47. The summed E-state index contributed by atoms with van der Waals surface area (Å²) in [7, 11) is 1.89. The minimum atomic E-state index is 0.204. The van der Waals surface area contributed by atoms with E-state index < -0.39 is 0 Å². The van der Waals surface area contributed by atoms with Gasteiger partial charge in [-0.3, -0.25) is 0 Å². The Morgan fingerprint density at radius 3 is 2.92 bits per heavy atom. The van der Waals surface area contributed by atoms with E-state index in [4.69, 9.17) is 5.26 Å². The van der Waals surface area contributed by atoms with Gasteiger partial charge in [-0.25, -0.2) is 0 Å². The molecule has 64 valence electrons. The van der Waals surface area contributed by atoms with E-state index in [1.807, 2.05) is 7.05 Å². The van der Waals surface area contributed by atoms with Gasteiger partial charge >= 0.3 is 0 Å². The summed E-state index contributed by atoms with van der Waals surface area (Å²) in [5.74, 6) is 0. The standard InChI is InChI=1S/C9H12N2S/c1-7-4-6-12-9(7)8(11-2)3-5-10/h4,6,8,11H,3H2,1-2H3. The van der Waals surface area contributed by atoms with Crippen LogP contribution in [0.5, 0.6) is 0 Å². The van der Waals surface area contributed by atoms with Crippen molar-refractivity contribution in [3.63, 3.8) is 0 Å². The van der Waals surface area contributed by atoms with Crippen molar-refractivity contribution in [2.75, 3.05) is 7.05 Å². The smallest absolute Gasteiger partial charge is 0.0642 e. The zero-order chi connectivity index (χ0) is 8.97.